The predicted molar refractivity (Wildman–Crippen MR) is 158 cm³/mol. The van der Waals surface area contributed by atoms with Crippen molar-refractivity contribution in [2.45, 2.75) is 59.6 Å². The average molecular weight is 616 g/mol. The van der Waals surface area contributed by atoms with Gasteiger partial charge in [-0.25, -0.2) is 16.8 Å². The van der Waals surface area contributed by atoms with Gasteiger partial charge >= 0.3 is 0 Å². The molecule has 42 heavy (non-hydrogen) atoms. The first kappa shape index (κ1) is 29.5. The summed E-state index contributed by atoms with van der Waals surface area (Å²) < 4.78 is 65.2. The Hall–Kier alpha value is -2.61. The minimum Gasteiger partial charge on any atom is -0.491 e. The summed E-state index contributed by atoms with van der Waals surface area (Å²) in [4.78, 5) is 4.77. The maximum absolute atomic E-state index is 13.3. The lowest BCUT2D eigenvalue weighted by Gasteiger charge is -2.38. The molecule has 1 spiro atoms. The molecule has 3 fully saturated rings. The highest BCUT2D eigenvalue weighted by atomic mass is 32.2. The van der Waals surface area contributed by atoms with Gasteiger partial charge in [0.15, 0.2) is 9.84 Å². The lowest BCUT2D eigenvalue weighted by molar-refractivity contribution is -0.0312. The molecule has 2 aromatic carbocycles. The number of sulfonamides is 1. The third-order valence-electron chi connectivity index (χ3n) is 8.45. The summed E-state index contributed by atoms with van der Waals surface area (Å²) in [5.41, 5.74) is 0.367. The Morgan fingerprint density at radius 1 is 1.05 bits per heavy atom. The van der Waals surface area contributed by atoms with Crippen LogP contribution in [0.25, 0.3) is 10.9 Å². The van der Waals surface area contributed by atoms with E-state index in [1.807, 2.05) is 24.3 Å². The van der Waals surface area contributed by atoms with E-state index in [-0.39, 0.29) is 39.7 Å². The number of pyridine rings is 1. The summed E-state index contributed by atoms with van der Waals surface area (Å²) in [5.74, 6) is 0.846. The molecule has 3 aliphatic rings. The van der Waals surface area contributed by atoms with Crippen molar-refractivity contribution in [1.82, 2.24) is 14.6 Å². The highest BCUT2D eigenvalue weighted by Crippen LogP contribution is 2.37. The van der Waals surface area contributed by atoms with Crippen molar-refractivity contribution >= 4 is 30.8 Å². The van der Waals surface area contributed by atoms with Crippen LogP contribution in [0.15, 0.2) is 70.6 Å². The third kappa shape index (κ3) is 6.63. The van der Waals surface area contributed by atoms with Gasteiger partial charge in [0.25, 0.3) is 0 Å². The molecule has 6 rings (SSSR count). The van der Waals surface area contributed by atoms with Crippen molar-refractivity contribution in [2.24, 2.45) is 5.92 Å². The van der Waals surface area contributed by atoms with Gasteiger partial charge in [0.2, 0.25) is 10.0 Å². The van der Waals surface area contributed by atoms with Gasteiger partial charge in [0, 0.05) is 37.3 Å². The van der Waals surface area contributed by atoms with Gasteiger partial charge in [-0.05, 0) is 68.4 Å². The number of nitrogens with one attached hydrogen (secondary N) is 1. The van der Waals surface area contributed by atoms with Crippen LogP contribution in [0.3, 0.4) is 0 Å². The molecule has 1 unspecified atom stereocenters. The molecule has 3 aromatic rings. The van der Waals surface area contributed by atoms with Crippen LogP contribution in [0.5, 0.6) is 5.75 Å². The van der Waals surface area contributed by atoms with Gasteiger partial charge in [0.05, 0.1) is 28.4 Å². The molecule has 2 saturated heterocycles. The fourth-order valence-corrected chi connectivity index (χ4v) is 8.95. The predicted octanol–water partition coefficient (Wildman–Crippen LogP) is 2.76. The van der Waals surface area contributed by atoms with E-state index in [1.165, 1.54) is 16.6 Å². The van der Waals surface area contributed by atoms with Crippen molar-refractivity contribution in [3.8, 4) is 5.75 Å². The first-order valence-corrected chi connectivity index (χ1v) is 17.6. The van der Waals surface area contributed by atoms with E-state index in [1.54, 1.807) is 24.3 Å². The molecule has 0 bridgehead atoms. The van der Waals surface area contributed by atoms with Crippen molar-refractivity contribution in [3.63, 3.8) is 0 Å². The van der Waals surface area contributed by atoms with Crippen LogP contribution >= 0.6 is 0 Å². The molecule has 1 saturated carbocycles. The molecular formula is C30H37N3O7S2. The van der Waals surface area contributed by atoms with Crippen LogP contribution in [0.2, 0.25) is 0 Å². The van der Waals surface area contributed by atoms with Crippen LogP contribution in [0.4, 0.5) is 0 Å². The minimum absolute atomic E-state index is 0.0221. The number of rotatable bonds is 11. The normalized spacial score (nSPS) is 22.0. The maximum Gasteiger partial charge on any atom is 0.244 e. The number of hydrogen-bond donors (Lipinski definition) is 2. The van der Waals surface area contributed by atoms with Crippen molar-refractivity contribution in [3.05, 3.63) is 60.8 Å². The lowest BCUT2D eigenvalue weighted by Crippen LogP contribution is -2.47. The van der Waals surface area contributed by atoms with E-state index in [2.05, 4.69) is 10.3 Å². The van der Waals surface area contributed by atoms with Crippen LogP contribution < -0.4 is 10.1 Å². The van der Waals surface area contributed by atoms with E-state index < -0.39 is 26.0 Å². The number of aromatic nitrogens is 1. The summed E-state index contributed by atoms with van der Waals surface area (Å²) in [6.45, 7) is 1.53. The summed E-state index contributed by atoms with van der Waals surface area (Å²) in [7, 11) is -6.99. The second-order valence-corrected chi connectivity index (χ2v) is 15.7. The molecular weight excluding hydrogens is 578 g/mol. The molecule has 2 atom stereocenters. The van der Waals surface area contributed by atoms with Gasteiger partial charge in [-0.1, -0.05) is 24.3 Å². The second-order valence-electron chi connectivity index (χ2n) is 11.7. The molecule has 2 N–H and O–H groups in total. The maximum atomic E-state index is 13.3. The monoisotopic (exact) mass is 615 g/mol. The van der Waals surface area contributed by atoms with Crippen LogP contribution in [-0.2, 0) is 24.6 Å². The lowest BCUT2D eigenvalue weighted by atomic mass is 9.88. The molecule has 1 aliphatic carbocycles. The minimum atomic E-state index is -3.66. The average Bonchev–Trinajstić information content (AvgIpc) is 3.72. The molecule has 3 heterocycles. The SMILES string of the molecule is O=S(=O)(CC1CC1)c1cccc(OCC(O)CN[C@H]2COC3(CCN(S(=O)(=O)c4cnc5ccccc5c4)CC3)C2)c1. The number of nitrogens with zero attached hydrogens (tertiary/aromatic N) is 2. The summed E-state index contributed by atoms with van der Waals surface area (Å²) >= 11 is 0. The number of sulfone groups is 1. The fourth-order valence-electron chi connectivity index (χ4n) is 5.80. The zero-order valence-electron chi connectivity index (χ0n) is 23.4. The fraction of sp³-hybridized carbons (Fsp3) is 0.500. The third-order valence-corrected chi connectivity index (χ3v) is 12.2. The molecule has 0 radical (unpaired) electrons. The van der Waals surface area contributed by atoms with Crippen molar-refractivity contribution in [2.75, 3.05) is 38.6 Å². The first-order valence-electron chi connectivity index (χ1n) is 14.5. The Kier molecular flexibility index (Phi) is 8.29. The molecule has 2 aliphatic heterocycles. The topological polar surface area (TPSA) is 135 Å². The Bertz CT molecular complexity index is 1640. The van der Waals surface area contributed by atoms with E-state index in [0.29, 0.717) is 44.8 Å². The number of fused-ring (bicyclic) bond motifs is 1. The van der Waals surface area contributed by atoms with Crippen LogP contribution in [-0.4, -0.2) is 87.6 Å². The number of ether oxygens (including phenoxy) is 2. The summed E-state index contributed by atoms with van der Waals surface area (Å²) in [6.07, 6.45) is 4.48. The number of hydrogen-bond acceptors (Lipinski definition) is 9. The number of aliphatic hydroxyl groups excluding tert-OH is 1. The zero-order valence-corrected chi connectivity index (χ0v) is 25.0. The molecule has 1 aromatic heterocycles. The smallest absolute Gasteiger partial charge is 0.244 e. The highest BCUT2D eigenvalue weighted by Gasteiger charge is 2.44. The number of para-hydroxylation sites is 1. The largest absolute Gasteiger partial charge is 0.491 e. The Morgan fingerprint density at radius 2 is 1.83 bits per heavy atom. The Morgan fingerprint density at radius 3 is 2.62 bits per heavy atom. The Balaban J connectivity index is 0.962. The molecule has 0 amide bonds. The van der Waals surface area contributed by atoms with Gasteiger partial charge in [0.1, 0.15) is 23.4 Å². The first-order chi connectivity index (χ1) is 20.1. The van der Waals surface area contributed by atoms with Gasteiger partial charge in [-0.15, -0.1) is 0 Å². The summed E-state index contributed by atoms with van der Waals surface area (Å²) in [5, 5.41) is 14.6. The van der Waals surface area contributed by atoms with Crippen LogP contribution in [0.1, 0.15) is 32.1 Å². The number of aliphatic hydroxyl groups is 1. The number of piperidine rings is 1. The van der Waals surface area contributed by atoms with E-state index in [9.17, 15) is 21.9 Å². The van der Waals surface area contributed by atoms with Crippen molar-refractivity contribution in [1.29, 1.82) is 0 Å². The molecule has 12 heteroatoms. The van der Waals surface area contributed by atoms with Gasteiger partial charge < -0.3 is 19.9 Å². The molecule has 226 valence electrons. The van der Waals surface area contributed by atoms with Crippen LogP contribution in [0, 0.1) is 5.92 Å². The Labute approximate surface area is 247 Å². The van der Waals surface area contributed by atoms with E-state index in [4.69, 9.17) is 9.47 Å². The standard InChI is InChI=1S/C30H37N3O7S2/c34-25(20-39-26-5-3-6-27(15-26)41(35,36)21-22-8-9-22)17-31-24-16-30(40-19-24)10-12-33(13-11-30)42(37,38)28-14-23-4-1-2-7-29(23)32-18-28/h1-7,14-15,18,22,24-25,31,34H,8-13,16-17,19-21H2/t24-,25?/m1/s1. The highest BCUT2D eigenvalue weighted by molar-refractivity contribution is 7.91. The second kappa shape index (κ2) is 11.8. The van der Waals surface area contributed by atoms with Gasteiger partial charge in [-0.3, -0.25) is 4.98 Å². The zero-order chi connectivity index (χ0) is 29.4. The van der Waals surface area contributed by atoms with Gasteiger partial charge in [-0.2, -0.15) is 4.31 Å². The summed E-state index contributed by atoms with van der Waals surface area (Å²) in [6, 6.07) is 15.6. The van der Waals surface area contributed by atoms with E-state index >= 15 is 0 Å². The van der Waals surface area contributed by atoms with E-state index in [0.717, 1.165) is 30.2 Å². The quantitative estimate of drug-likeness (QED) is 0.334. The van der Waals surface area contributed by atoms with Crippen molar-refractivity contribution < 1.29 is 31.4 Å². The number of benzene rings is 2. The molecule has 10 nitrogen and oxygen atoms in total.